The molecule has 0 amide bonds. The van der Waals surface area contributed by atoms with Crippen LogP contribution in [0.15, 0.2) is 0 Å². The minimum Gasteiger partial charge on any atom is -0.772 e. The van der Waals surface area contributed by atoms with Gasteiger partial charge < -0.3 is 4.55 Å². The van der Waals surface area contributed by atoms with Crippen molar-refractivity contribution in [3.8, 4) is 0 Å². The van der Waals surface area contributed by atoms with Crippen LogP contribution >= 0.6 is 0 Å². The van der Waals surface area contributed by atoms with Crippen LogP contribution in [0.4, 0.5) is 0 Å². The fraction of sp³-hybridized carbons (Fsp3) is 1.00. The smallest absolute Gasteiger partial charge is 0.0102 e. The molecule has 1 unspecified atom stereocenters. The Morgan fingerprint density at radius 1 is 1.15 bits per heavy atom. The van der Waals surface area contributed by atoms with Crippen molar-refractivity contribution < 1.29 is 8.76 Å². The lowest BCUT2D eigenvalue weighted by Gasteiger charge is -2.08. The Morgan fingerprint density at radius 2 is 1.85 bits per heavy atom. The van der Waals surface area contributed by atoms with Gasteiger partial charge in [-0.15, -0.1) is 0 Å². The van der Waals surface area contributed by atoms with E-state index in [-0.39, 0.29) is 0 Å². The summed E-state index contributed by atoms with van der Waals surface area (Å²) in [4.78, 5) is 0. The molecule has 1 saturated carbocycles. The number of rotatable bonds is 6. The fourth-order valence-corrected chi connectivity index (χ4v) is 2.57. The van der Waals surface area contributed by atoms with E-state index >= 15 is 0 Å². The Bertz CT molecular complexity index is 153. The third-order valence-electron chi connectivity index (χ3n) is 2.90. The van der Waals surface area contributed by atoms with Crippen molar-refractivity contribution in [1.29, 1.82) is 0 Å². The van der Waals surface area contributed by atoms with Crippen LogP contribution in [0.1, 0.15) is 51.4 Å². The summed E-state index contributed by atoms with van der Waals surface area (Å²) in [5.41, 5.74) is 0. The minimum atomic E-state index is -1.82. The topological polar surface area (TPSA) is 40.1 Å². The molecule has 78 valence electrons. The first-order chi connectivity index (χ1) is 6.29. The molecule has 0 radical (unpaired) electrons. The third kappa shape index (κ3) is 5.42. The van der Waals surface area contributed by atoms with E-state index in [0.29, 0.717) is 5.75 Å². The van der Waals surface area contributed by atoms with E-state index in [4.69, 9.17) is 0 Å². The Kier molecular flexibility index (Phi) is 5.63. The van der Waals surface area contributed by atoms with Gasteiger partial charge in [-0.3, -0.25) is 4.21 Å². The Hall–Kier alpha value is 0.110. The van der Waals surface area contributed by atoms with E-state index in [9.17, 15) is 8.76 Å². The minimum absolute atomic E-state index is 0.352. The van der Waals surface area contributed by atoms with Crippen LogP contribution in [0, 0.1) is 5.92 Å². The van der Waals surface area contributed by atoms with Gasteiger partial charge in [0, 0.05) is 5.75 Å². The van der Waals surface area contributed by atoms with Crippen molar-refractivity contribution in [2.24, 2.45) is 5.92 Å². The van der Waals surface area contributed by atoms with Crippen molar-refractivity contribution in [2.45, 2.75) is 51.4 Å². The highest BCUT2D eigenvalue weighted by Gasteiger charge is 2.13. The van der Waals surface area contributed by atoms with Crippen LogP contribution in [-0.2, 0) is 11.1 Å². The predicted octanol–water partition coefficient (Wildman–Crippen LogP) is 2.62. The first-order valence-electron chi connectivity index (χ1n) is 5.35. The molecule has 0 spiro atoms. The number of hydrogen-bond acceptors (Lipinski definition) is 2. The summed E-state index contributed by atoms with van der Waals surface area (Å²) < 4.78 is 20.4. The third-order valence-corrected chi connectivity index (χ3v) is 3.52. The van der Waals surface area contributed by atoms with Crippen LogP contribution < -0.4 is 0 Å². The summed E-state index contributed by atoms with van der Waals surface area (Å²) in [6, 6.07) is 0. The zero-order chi connectivity index (χ0) is 9.52. The molecule has 0 heterocycles. The van der Waals surface area contributed by atoms with Crippen molar-refractivity contribution in [3.63, 3.8) is 0 Å². The zero-order valence-electron chi connectivity index (χ0n) is 8.17. The van der Waals surface area contributed by atoms with Crippen LogP contribution in [-0.4, -0.2) is 14.5 Å². The van der Waals surface area contributed by atoms with Gasteiger partial charge in [-0.2, -0.15) is 0 Å². The van der Waals surface area contributed by atoms with Gasteiger partial charge in [0.05, 0.1) is 0 Å². The molecule has 2 nitrogen and oxygen atoms in total. The molecule has 0 N–H and O–H groups in total. The Balaban J connectivity index is 1.86. The summed E-state index contributed by atoms with van der Waals surface area (Å²) in [6.45, 7) is 0. The molecule has 3 heteroatoms. The highest BCUT2D eigenvalue weighted by molar-refractivity contribution is 7.79. The summed E-state index contributed by atoms with van der Waals surface area (Å²) in [5.74, 6) is 1.31. The van der Waals surface area contributed by atoms with E-state index in [1.807, 2.05) is 0 Å². The van der Waals surface area contributed by atoms with Gasteiger partial charge in [0.15, 0.2) is 0 Å². The zero-order valence-corrected chi connectivity index (χ0v) is 8.98. The highest BCUT2D eigenvalue weighted by atomic mass is 32.2. The lowest BCUT2D eigenvalue weighted by Crippen LogP contribution is -1.97. The SMILES string of the molecule is O=S([O-])CCCCCC1CCCC1. The summed E-state index contributed by atoms with van der Waals surface area (Å²) in [6.07, 6.45) is 10.1. The van der Waals surface area contributed by atoms with Crippen LogP contribution in [0.25, 0.3) is 0 Å². The van der Waals surface area contributed by atoms with Crippen LogP contribution in [0.3, 0.4) is 0 Å². The molecular weight excluding hydrogens is 184 g/mol. The first kappa shape index (κ1) is 11.2. The molecule has 0 aromatic carbocycles. The Morgan fingerprint density at radius 3 is 2.46 bits per heavy atom. The van der Waals surface area contributed by atoms with Gasteiger partial charge in [-0.05, 0) is 12.3 Å². The molecule has 0 aromatic rings. The predicted molar refractivity (Wildman–Crippen MR) is 54.2 cm³/mol. The van der Waals surface area contributed by atoms with Gasteiger partial charge >= 0.3 is 0 Å². The normalized spacial score (nSPS) is 20.7. The molecule has 1 rings (SSSR count). The first-order valence-corrected chi connectivity index (χ1v) is 6.59. The van der Waals surface area contributed by atoms with E-state index in [2.05, 4.69) is 0 Å². The fourth-order valence-electron chi connectivity index (χ4n) is 2.13. The summed E-state index contributed by atoms with van der Waals surface area (Å²) in [5, 5.41) is 0. The van der Waals surface area contributed by atoms with E-state index in [1.54, 1.807) is 0 Å². The van der Waals surface area contributed by atoms with Gasteiger partial charge in [-0.25, -0.2) is 0 Å². The monoisotopic (exact) mass is 203 g/mol. The number of hydrogen-bond donors (Lipinski definition) is 0. The van der Waals surface area contributed by atoms with E-state index < -0.39 is 11.1 Å². The average molecular weight is 203 g/mol. The maximum atomic E-state index is 10.2. The van der Waals surface area contributed by atoms with Gasteiger partial charge in [-0.1, -0.05) is 56.0 Å². The molecule has 1 fully saturated rings. The van der Waals surface area contributed by atoms with Crippen molar-refractivity contribution >= 4 is 11.1 Å². The molecule has 1 atom stereocenters. The van der Waals surface area contributed by atoms with Gasteiger partial charge in [0.25, 0.3) is 0 Å². The summed E-state index contributed by atoms with van der Waals surface area (Å²) >= 11 is -1.82. The van der Waals surface area contributed by atoms with E-state index in [0.717, 1.165) is 18.8 Å². The van der Waals surface area contributed by atoms with Crippen LogP contribution in [0.2, 0.25) is 0 Å². The van der Waals surface area contributed by atoms with E-state index in [1.165, 1.54) is 38.5 Å². The second-order valence-electron chi connectivity index (χ2n) is 4.01. The molecule has 1 aliphatic carbocycles. The number of unbranched alkanes of at least 4 members (excludes halogenated alkanes) is 2. The molecule has 13 heavy (non-hydrogen) atoms. The second-order valence-corrected chi connectivity index (χ2v) is 5.02. The lowest BCUT2D eigenvalue weighted by molar-refractivity contribution is 0.470. The molecule has 1 aliphatic rings. The highest BCUT2D eigenvalue weighted by Crippen LogP contribution is 2.28. The maximum absolute atomic E-state index is 10.2. The van der Waals surface area contributed by atoms with Crippen molar-refractivity contribution in [1.82, 2.24) is 0 Å². The molecule has 0 aliphatic heterocycles. The second kappa shape index (κ2) is 6.55. The van der Waals surface area contributed by atoms with Crippen molar-refractivity contribution in [3.05, 3.63) is 0 Å². The standard InChI is InChI=1S/C10H20O2S/c11-13(12)9-5-1-2-6-10-7-3-4-8-10/h10H,1-9H2,(H,11,12)/p-1. The van der Waals surface area contributed by atoms with Gasteiger partial charge in [0.1, 0.15) is 0 Å². The Labute approximate surface area is 83.4 Å². The van der Waals surface area contributed by atoms with Crippen LogP contribution in [0.5, 0.6) is 0 Å². The molecular formula is C10H19O2S-. The molecule has 0 aromatic heterocycles. The lowest BCUT2D eigenvalue weighted by atomic mass is 10.0. The largest absolute Gasteiger partial charge is 0.772 e. The summed E-state index contributed by atoms with van der Waals surface area (Å²) in [7, 11) is 0. The maximum Gasteiger partial charge on any atom is 0.0102 e. The quantitative estimate of drug-likeness (QED) is 0.492. The average Bonchev–Trinajstić information content (AvgIpc) is 2.55. The molecule has 0 bridgehead atoms. The van der Waals surface area contributed by atoms with Crippen molar-refractivity contribution in [2.75, 3.05) is 5.75 Å². The van der Waals surface area contributed by atoms with Gasteiger partial charge in [0.2, 0.25) is 0 Å². The molecule has 0 saturated heterocycles.